The van der Waals surface area contributed by atoms with Crippen LogP contribution in [0.3, 0.4) is 0 Å². The maximum atomic E-state index is 5.53. The van der Waals surface area contributed by atoms with Crippen LogP contribution in [0.4, 0.5) is 5.69 Å². The lowest BCUT2D eigenvalue weighted by Gasteiger charge is -2.18. The molecule has 0 aromatic heterocycles. The highest BCUT2D eigenvalue weighted by Crippen LogP contribution is 2.22. The number of ether oxygens (including phenoxy) is 2. The second kappa shape index (κ2) is 7.12. The first-order chi connectivity index (χ1) is 9.35. The predicted octanol–water partition coefficient (Wildman–Crippen LogP) is 3.65. The lowest BCUT2D eigenvalue weighted by Crippen LogP contribution is -2.26. The van der Waals surface area contributed by atoms with Crippen LogP contribution >= 0.6 is 0 Å². The zero-order valence-electron chi connectivity index (χ0n) is 11.6. The molecule has 0 atom stereocenters. The molecule has 2 aromatic rings. The first kappa shape index (κ1) is 13.8. The molecule has 0 aliphatic carbocycles. The molecule has 3 heteroatoms. The van der Waals surface area contributed by atoms with Gasteiger partial charge in [-0.15, -0.1) is 0 Å². The van der Waals surface area contributed by atoms with E-state index in [0.29, 0.717) is 19.8 Å². The van der Waals surface area contributed by atoms with Gasteiger partial charge < -0.3 is 14.8 Å². The van der Waals surface area contributed by atoms with Crippen LogP contribution in [0.1, 0.15) is 13.8 Å². The average Bonchev–Trinajstić information content (AvgIpc) is 2.45. The zero-order valence-corrected chi connectivity index (χ0v) is 11.6. The first-order valence-corrected chi connectivity index (χ1v) is 6.80. The first-order valence-electron chi connectivity index (χ1n) is 6.80. The van der Waals surface area contributed by atoms with Gasteiger partial charge in [-0.25, -0.2) is 0 Å². The molecule has 0 aliphatic heterocycles. The van der Waals surface area contributed by atoms with E-state index in [1.165, 1.54) is 10.8 Å². The van der Waals surface area contributed by atoms with Crippen molar-refractivity contribution in [1.29, 1.82) is 0 Å². The Morgan fingerprint density at radius 2 is 1.63 bits per heavy atom. The maximum absolute atomic E-state index is 5.53. The second-order valence-electron chi connectivity index (χ2n) is 4.25. The Morgan fingerprint density at radius 3 is 2.37 bits per heavy atom. The molecular weight excluding hydrogens is 238 g/mol. The highest BCUT2D eigenvalue weighted by molar-refractivity contribution is 5.93. The van der Waals surface area contributed by atoms with Crippen LogP contribution in [0.25, 0.3) is 10.8 Å². The van der Waals surface area contributed by atoms with Crippen molar-refractivity contribution in [2.45, 2.75) is 20.1 Å². The summed E-state index contributed by atoms with van der Waals surface area (Å²) in [5.74, 6) is 0. The molecule has 2 rings (SSSR count). The van der Waals surface area contributed by atoms with E-state index < -0.39 is 0 Å². The van der Waals surface area contributed by atoms with Gasteiger partial charge in [-0.3, -0.25) is 0 Å². The van der Waals surface area contributed by atoms with E-state index in [1.807, 2.05) is 13.8 Å². The topological polar surface area (TPSA) is 30.5 Å². The Hall–Kier alpha value is -1.58. The van der Waals surface area contributed by atoms with Gasteiger partial charge in [0, 0.05) is 24.3 Å². The van der Waals surface area contributed by atoms with E-state index in [2.05, 4.69) is 47.8 Å². The van der Waals surface area contributed by atoms with Gasteiger partial charge in [0.2, 0.25) is 0 Å². The summed E-state index contributed by atoms with van der Waals surface area (Å²) in [5, 5.41) is 5.86. The fourth-order valence-electron chi connectivity index (χ4n) is 2.11. The van der Waals surface area contributed by atoms with Crippen LogP contribution in [-0.2, 0) is 9.47 Å². The molecule has 0 radical (unpaired) electrons. The standard InChI is InChI=1S/C16H21NO2/c1-3-18-16(19-4-2)12-17-15-11-7-9-13-8-5-6-10-14(13)15/h5-11,16-17H,3-4,12H2,1-2H3. The minimum Gasteiger partial charge on any atom is -0.379 e. The summed E-state index contributed by atoms with van der Waals surface area (Å²) < 4.78 is 11.1. The molecule has 0 amide bonds. The molecule has 0 spiro atoms. The highest BCUT2D eigenvalue weighted by atomic mass is 16.7. The summed E-state index contributed by atoms with van der Waals surface area (Å²) in [6.45, 7) is 5.91. The van der Waals surface area contributed by atoms with Crippen molar-refractivity contribution >= 4 is 16.5 Å². The summed E-state index contributed by atoms with van der Waals surface area (Å²) in [6, 6.07) is 14.6. The van der Waals surface area contributed by atoms with Crippen LogP contribution < -0.4 is 5.32 Å². The van der Waals surface area contributed by atoms with Crippen LogP contribution in [0.2, 0.25) is 0 Å². The molecule has 3 nitrogen and oxygen atoms in total. The molecule has 2 aromatic carbocycles. The van der Waals surface area contributed by atoms with Gasteiger partial charge in [0.05, 0.1) is 6.54 Å². The quantitative estimate of drug-likeness (QED) is 0.770. The van der Waals surface area contributed by atoms with Crippen LogP contribution in [0.5, 0.6) is 0 Å². The zero-order chi connectivity index (χ0) is 13.5. The molecule has 0 saturated heterocycles. The van der Waals surface area contributed by atoms with Gasteiger partial charge in [0.25, 0.3) is 0 Å². The van der Waals surface area contributed by atoms with Crippen molar-refractivity contribution < 1.29 is 9.47 Å². The van der Waals surface area contributed by atoms with E-state index in [0.717, 1.165) is 5.69 Å². The summed E-state index contributed by atoms with van der Waals surface area (Å²) in [4.78, 5) is 0. The van der Waals surface area contributed by atoms with Crippen LogP contribution in [0, 0.1) is 0 Å². The van der Waals surface area contributed by atoms with Gasteiger partial charge in [0.1, 0.15) is 0 Å². The third kappa shape index (κ3) is 3.69. The summed E-state index contributed by atoms with van der Waals surface area (Å²) in [6.07, 6.45) is -0.200. The fraction of sp³-hybridized carbons (Fsp3) is 0.375. The van der Waals surface area contributed by atoms with Gasteiger partial charge in [-0.05, 0) is 25.3 Å². The average molecular weight is 259 g/mol. The maximum Gasteiger partial charge on any atom is 0.174 e. The van der Waals surface area contributed by atoms with E-state index in [1.54, 1.807) is 0 Å². The molecule has 0 saturated carbocycles. The molecule has 102 valence electrons. The van der Waals surface area contributed by atoms with Crippen molar-refractivity contribution in [3.05, 3.63) is 42.5 Å². The molecular formula is C16H21NO2. The third-order valence-corrected chi connectivity index (χ3v) is 2.95. The van der Waals surface area contributed by atoms with E-state index in [9.17, 15) is 0 Å². The number of nitrogens with one attached hydrogen (secondary N) is 1. The minimum absolute atomic E-state index is 0.200. The van der Waals surface area contributed by atoms with Crippen molar-refractivity contribution in [3.8, 4) is 0 Å². The van der Waals surface area contributed by atoms with Gasteiger partial charge in [-0.1, -0.05) is 36.4 Å². The molecule has 0 unspecified atom stereocenters. The number of hydrogen-bond acceptors (Lipinski definition) is 3. The molecule has 1 N–H and O–H groups in total. The predicted molar refractivity (Wildman–Crippen MR) is 79.5 cm³/mol. The van der Waals surface area contributed by atoms with E-state index in [4.69, 9.17) is 9.47 Å². The summed E-state index contributed by atoms with van der Waals surface area (Å²) >= 11 is 0. The minimum atomic E-state index is -0.200. The largest absolute Gasteiger partial charge is 0.379 e. The number of rotatable bonds is 7. The van der Waals surface area contributed by atoms with E-state index >= 15 is 0 Å². The Balaban J connectivity index is 2.08. The fourth-order valence-corrected chi connectivity index (χ4v) is 2.11. The van der Waals surface area contributed by atoms with E-state index in [-0.39, 0.29) is 6.29 Å². The Morgan fingerprint density at radius 1 is 0.947 bits per heavy atom. The number of anilines is 1. The van der Waals surface area contributed by atoms with Crippen molar-refractivity contribution in [1.82, 2.24) is 0 Å². The third-order valence-electron chi connectivity index (χ3n) is 2.95. The number of fused-ring (bicyclic) bond motifs is 1. The molecule has 0 bridgehead atoms. The summed E-state index contributed by atoms with van der Waals surface area (Å²) in [5.41, 5.74) is 1.11. The Labute approximate surface area is 114 Å². The number of hydrogen-bond donors (Lipinski definition) is 1. The summed E-state index contributed by atoms with van der Waals surface area (Å²) in [7, 11) is 0. The molecule has 0 fully saturated rings. The molecule has 0 aliphatic rings. The van der Waals surface area contributed by atoms with Crippen LogP contribution in [-0.4, -0.2) is 26.0 Å². The van der Waals surface area contributed by atoms with Crippen molar-refractivity contribution in [3.63, 3.8) is 0 Å². The number of benzene rings is 2. The van der Waals surface area contributed by atoms with Gasteiger partial charge >= 0.3 is 0 Å². The smallest absolute Gasteiger partial charge is 0.174 e. The van der Waals surface area contributed by atoms with Crippen molar-refractivity contribution in [2.24, 2.45) is 0 Å². The lowest BCUT2D eigenvalue weighted by atomic mass is 10.1. The van der Waals surface area contributed by atoms with Crippen LogP contribution in [0.15, 0.2) is 42.5 Å². The van der Waals surface area contributed by atoms with Gasteiger partial charge in [0.15, 0.2) is 6.29 Å². The Kier molecular flexibility index (Phi) is 5.19. The molecule has 19 heavy (non-hydrogen) atoms. The second-order valence-corrected chi connectivity index (χ2v) is 4.25. The Bertz CT molecular complexity index is 502. The normalized spacial score (nSPS) is 11.1. The lowest BCUT2D eigenvalue weighted by molar-refractivity contribution is -0.126. The SMILES string of the molecule is CCOC(CNc1cccc2ccccc12)OCC. The van der Waals surface area contributed by atoms with Crippen molar-refractivity contribution in [2.75, 3.05) is 25.1 Å². The monoisotopic (exact) mass is 259 g/mol. The highest BCUT2D eigenvalue weighted by Gasteiger charge is 2.08. The van der Waals surface area contributed by atoms with Gasteiger partial charge in [-0.2, -0.15) is 0 Å². The molecule has 0 heterocycles.